The number of hydrogen-bond donors (Lipinski definition) is 1. The van der Waals surface area contributed by atoms with E-state index in [0.29, 0.717) is 12.5 Å². The van der Waals surface area contributed by atoms with Crippen molar-refractivity contribution in [3.8, 4) is 0 Å². The Hall–Kier alpha value is -2.11. The zero-order valence-corrected chi connectivity index (χ0v) is 14.8. The summed E-state index contributed by atoms with van der Waals surface area (Å²) in [4.78, 5) is 14.6. The van der Waals surface area contributed by atoms with Crippen LogP contribution in [0.5, 0.6) is 0 Å². The van der Waals surface area contributed by atoms with Crippen molar-refractivity contribution in [3.63, 3.8) is 0 Å². The summed E-state index contributed by atoms with van der Waals surface area (Å²) in [5, 5.41) is 11.7. The van der Waals surface area contributed by atoms with Gasteiger partial charge in [0, 0.05) is 25.3 Å². The van der Waals surface area contributed by atoms with Crippen LogP contribution in [0.2, 0.25) is 0 Å². The van der Waals surface area contributed by atoms with E-state index in [1.165, 1.54) is 0 Å². The van der Waals surface area contributed by atoms with Gasteiger partial charge in [-0.05, 0) is 44.2 Å². The van der Waals surface area contributed by atoms with Crippen LogP contribution in [0.4, 0.5) is 5.95 Å². The molecule has 2 aromatic rings. The van der Waals surface area contributed by atoms with E-state index in [-0.39, 0.29) is 11.8 Å². The number of aromatic nitrogens is 3. The van der Waals surface area contributed by atoms with Crippen molar-refractivity contribution in [2.75, 3.05) is 24.5 Å². The fourth-order valence-corrected chi connectivity index (χ4v) is 3.29. The van der Waals surface area contributed by atoms with Crippen LogP contribution >= 0.6 is 0 Å². The zero-order valence-electron chi connectivity index (χ0n) is 14.8. The van der Waals surface area contributed by atoms with Gasteiger partial charge in [0.15, 0.2) is 5.65 Å². The number of pyridine rings is 1. The molecule has 0 unspecified atom stereocenters. The lowest BCUT2D eigenvalue weighted by molar-refractivity contribution is -0.125. The van der Waals surface area contributed by atoms with Crippen molar-refractivity contribution < 1.29 is 4.79 Å². The number of aryl methyl sites for hydroxylation is 1. The number of rotatable bonds is 5. The van der Waals surface area contributed by atoms with E-state index in [0.717, 1.165) is 49.6 Å². The molecule has 0 bridgehead atoms. The van der Waals surface area contributed by atoms with Crippen LogP contribution in [-0.4, -0.2) is 40.1 Å². The molecule has 0 spiro atoms. The average molecular weight is 329 g/mol. The van der Waals surface area contributed by atoms with Gasteiger partial charge >= 0.3 is 0 Å². The van der Waals surface area contributed by atoms with Gasteiger partial charge in [-0.2, -0.15) is 0 Å². The predicted molar refractivity (Wildman–Crippen MR) is 95.1 cm³/mol. The molecule has 1 aliphatic rings. The van der Waals surface area contributed by atoms with Crippen LogP contribution in [-0.2, 0) is 4.79 Å². The number of anilines is 1. The maximum absolute atomic E-state index is 12.4. The molecule has 2 aromatic heterocycles. The highest BCUT2D eigenvalue weighted by atomic mass is 16.1. The summed E-state index contributed by atoms with van der Waals surface area (Å²) in [6.07, 6.45) is 2.97. The number of nitrogens with one attached hydrogen (secondary N) is 1. The van der Waals surface area contributed by atoms with Crippen molar-refractivity contribution in [2.45, 2.75) is 40.0 Å². The lowest BCUT2D eigenvalue weighted by Crippen LogP contribution is -2.44. The molecule has 6 heteroatoms. The first-order valence-corrected chi connectivity index (χ1v) is 8.89. The zero-order chi connectivity index (χ0) is 17.1. The molecule has 0 saturated carbocycles. The maximum Gasteiger partial charge on any atom is 0.231 e. The van der Waals surface area contributed by atoms with E-state index in [1.807, 2.05) is 12.1 Å². The number of piperidine rings is 1. The van der Waals surface area contributed by atoms with Crippen molar-refractivity contribution in [2.24, 2.45) is 11.8 Å². The minimum Gasteiger partial charge on any atom is -0.356 e. The third-order valence-corrected chi connectivity index (χ3v) is 4.70. The summed E-state index contributed by atoms with van der Waals surface area (Å²) in [6.45, 7) is 8.80. The fraction of sp³-hybridized carbons (Fsp3) is 0.611. The van der Waals surface area contributed by atoms with Gasteiger partial charge in [0.25, 0.3) is 0 Å². The molecular weight excluding hydrogens is 302 g/mol. The Balaban J connectivity index is 1.70. The quantitative estimate of drug-likeness (QED) is 0.915. The highest BCUT2D eigenvalue weighted by molar-refractivity contribution is 5.79. The summed E-state index contributed by atoms with van der Waals surface area (Å²) in [5.41, 5.74) is 1.96. The number of fused-ring (bicyclic) bond motifs is 1. The molecule has 130 valence electrons. The Morgan fingerprint density at radius 1 is 1.38 bits per heavy atom. The van der Waals surface area contributed by atoms with Crippen molar-refractivity contribution in [3.05, 3.63) is 23.9 Å². The van der Waals surface area contributed by atoms with E-state index in [4.69, 9.17) is 0 Å². The number of hydrogen-bond acceptors (Lipinski definition) is 4. The summed E-state index contributed by atoms with van der Waals surface area (Å²) in [5.74, 6) is 1.66. The monoisotopic (exact) mass is 329 g/mol. The second-order valence-electron chi connectivity index (χ2n) is 7.12. The van der Waals surface area contributed by atoms with Crippen LogP contribution in [0, 0.1) is 18.8 Å². The molecule has 1 N–H and O–H groups in total. The van der Waals surface area contributed by atoms with E-state index in [9.17, 15) is 4.79 Å². The van der Waals surface area contributed by atoms with Crippen molar-refractivity contribution >= 4 is 17.5 Å². The number of carbonyl (C=O) groups excluding carboxylic acids is 1. The van der Waals surface area contributed by atoms with Crippen molar-refractivity contribution in [1.82, 2.24) is 19.9 Å². The van der Waals surface area contributed by atoms with Gasteiger partial charge in [-0.1, -0.05) is 19.9 Å². The van der Waals surface area contributed by atoms with Gasteiger partial charge in [0.05, 0.1) is 5.92 Å². The van der Waals surface area contributed by atoms with E-state index in [1.54, 1.807) is 0 Å². The number of nitrogens with zero attached hydrogens (tertiary/aromatic N) is 4. The minimum atomic E-state index is 0.0299. The van der Waals surface area contributed by atoms with Gasteiger partial charge < -0.3 is 10.2 Å². The van der Waals surface area contributed by atoms with Gasteiger partial charge in [0.2, 0.25) is 11.9 Å². The van der Waals surface area contributed by atoms with Gasteiger partial charge in [-0.15, -0.1) is 10.2 Å². The molecule has 1 saturated heterocycles. The second-order valence-corrected chi connectivity index (χ2v) is 7.12. The molecule has 0 aliphatic carbocycles. The Morgan fingerprint density at radius 2 is 2.21 bits per heavy atom. The topological polar surface area (TPSA) is 62.5 Å². The van der Waals surface area contributed by atoms with Crippen LogP contribution < -0.4 is 10.2 Å². The molecule has 0 radical (unpaired) electrons. The van der Waals surface area contributed by atoms with Crippen LogP contribution in [0.25, 0.3) is 5.65 Å². The van der Waals surface area contributed by atoms with Crippen LogP contribution in [0.15, 0.2) is 18.2 Å². The first kappa shape index (κ1) is 16.7. The number of carbonyl (C=O) groups is 1. The highest BCUT2D eigenvalue weighted by Gasteiger charge is 2.28. The fourth-order valence-electron chi connectivity index (χ4n) is 3.29. The molecular formula is C18H27N5O. The Labute approximate surface area is 143 Å². The van der Waals surface area contributed by atoms with Crippen LogP contribution in [0.1, 0.15) is 38.8 Å². The van der Waals surface area contributed by atoms with E-state index >= 15 is 0 Å². The molecule has 0 aromatic carbocycles. The third kappa shape index (κ3) is 3.52. The molecule has 1 amide bonds. The second kappa shape index (κ2) is 7.20. The largest absolute Gasteiger partial charge is 0.356 e. The van der Waals surface area contributed by atoms with E-state index < -0.39 is 0 Å². The minimum absolute atomic E-state index is 0.0299. The molecule has 1 atom stereocenters. The first-order chi connectivity index (χ1) is 11.6. The summed E-state index contributed by atoms with van der Waals surface area (Å²) >= 11 is 0. The normalized spacial score (nSPS) is 18.3. The van der Waals surface area contributed by atoms with Gasteiger partial charge in [-0.3, -0.25) is 9.20 Å². The predicted octanol–water partition coefficient (Wildman–Crippen LogP) is 2.42. The SMILES string of the molecule is Cc1cccc2nnc(N3CCC[C@@H](C(=O)NCCC(C)C)C3)n12. The summed E-state index contributed by atoms with van der Waals surface area (Å²) < 4.78 is 2.07. The van der Waals surface area contributed by atoms with Gasteiger partial charge in [-0.25, -0.2) is 0 Å². The Morgan fingerprint density at radius 3 is 3.00 bits per heavy atom. The first-order valence-electron chi connectivity index (χ1n) is 8.89. The summed E-state index contributed by atoms with van der Waals surface area (Å²) in [6, 6.07) is 6.01. The molecule has 3 rings (SSSR count). The highest BCUT2D eigenvalue weighted by Crippen LogP contribution is 2.23. The lowest BCUT2D eigenvalue weighted by Gasteiger charge is -2.32. The summed E-state index contributed by atoms with van der Waals surface area (Å²) in [7, 11) is 0. The van der Waals surface area contributed by atoms with Crippen LogP contribution in [0.3, 0.4) is 0 Å². The molecule has 24 heavy (non-hydrogen) atoms. The molecule has 6 nitrogen and oxygen atoms in total. The molecule has 1 fully saturated rings. The van der Waals surface area contributed by atoms with Gasteiger partial charge in [0.1, 0.15) is 0 Å². The number of amides is 1. The van der Waals surface area contributed by atoms with Crippen molar-refractivity contribution in [1.29, 1.82) is 0 Å². The average Bonchev–Trinajstić information content (AvgIpc) is 3.00. The third-order valence-electron chi connectivity index (χ3n) is 4.70. The Kier molecular flexibility index (Phi) is 5.02. The smallest absolute Gasteiger partial charge is 0.231 e. The Bertz CT molecular complexity index is 708. The standard InChI is InChI=1S/C18H27N5O/c1-13(2)9-10-19-17(24)15-7-5-11-22(12-15)18-21-20-16-8-4-6-14(3)23(16)18/h4,6,8,13,15H,5,7,9-12H2,1-3H3,(H,19,24)/t15-/m1/s1. The lowest BCUT2D eigenvalue weighted by atomic mass is 9.97. The maximum atomic E-state index is 12.4. The molecule has 1 aliphatic heterocycles. The van der Waals surface area contributed by atoms with E-state index in [2.05, 4.69) is 51.7 Å². The molecule has 3 heterocycles.